The van der Waals surface area contributed by atoms with Crippen molar-refractivity contribution in [3.8, 4) is 0 Å². The number of carbonyl (C=O) groups is 1. The molecule has 1 aliphatic rings. The molecule has 0 saturated heterocycles. The molecule has 1 saturated carbocycles. The lowest BCUT2D eigenvalue weighted by atomic mass is 10.0. The molecule has 1 aliphatic carbocycles. The fourth-order valence-corrected chi connectivity index (χ4v) is 4.68. The van der Waals surface area contributed by atoms with E-state index in [1.807, 2.05) is 13.8 Å². The average Bonchev–Trinajstić information content (AvgIpc) is 3.04. The molecule has 2 rings (SSSR count). The second kappa shape index (κ2) is 8.98. The van der Waals surface area contributed by atoms with Gasteiger partial charge < -0.3 is 10.6 Å². The summed E-state index contributed by atoms with van der Waals surface area (Å²) in [5.74, 6) is -0.0915. The molecular weight excluding hydrogens is 362 g/mol. The van der Waals surface area contributed by atoms with Crippen molar-refractivity contribution in [3.63, 3.8) is 0 Å². The third kappa shape index (κ3) is 4.94. The van der Waals surface area contributed by atoms with Gasteiger partial charge in [0, 0.05) is 30.7 Å². The molecule has 1 fully saturated rings. The zero-order valence-corrected chi connectivity index (χ0v) is 16.5. The van der Waals surface area contributed by atoms with Gasteiger partial charge in [0.15, 0.2) is 0 Å². The molecule has 3 N–H and O–H groups in total. The fourth-order valence-electron chi connectivity index (χ4n) is 3.21. The van der Waals surface area contributed by atoms with Gasteiger partial charge in [0.05, 0.1) is 4.90 Å². The average molecular weight is 390 g/mol. The van der Waals surface area contributed by atoms with E-state index in [-0.39, 0.29) is 23.2 Å². The summed E-state index contributed by atoms with van der Waals surface area (Å²) in [6.45, 7) is 5.37. The highest BCUT2D eigenvalue weighted by Crippen LogP contribution is 2.30. The number of benzene rings is 1. The van der Waals surface area contributed by atoms with Gasteiger partial charge in [-0.1, -0.05) is 12.8 Å². The minimum atomic E-state index is -3.64. The van der Waals surface area contributed by atoms with Gasteiger partial charge in [0.2, 0.25) is 10.0 Å². The first-order valence-corrected chi connectivity index (χ1v) is 9.99. The van der Waals surface area contributed by atoms with Crippen LogP contribution >= 0.6 is 12.4 Å². The zero-order chi connectivity index (χ0) is 17.8. The predicted octanol–water partition coefficient (Wildman–Crippen LogP) is 2.14. The number of nitrogens with one attached hydrogen (secondary N) is 1. The van der Waals surface area contributed by atoms with Gasteiger partial charge in [-0.25, -0.2) is 13.1 Å². The third-order valence-corrected chi connectivity index (χ3v) is 6.36. The first-order chi connectivity index (χ1) is 11.4. The summed E-state index contributed by atoms with van der Waals surface area (Å²) in [6, 6.07) is 6.11. The molecule has 142 valence electrons. The summed E-state index contributed by atoms with van der Waals surface area (Å²) in [5, 5.41) is 0. The van der Waals surface area contributed by atoms with E-state index >= 15 is 0 Å². The monoisotopic (exact) mass is 389 g/mol. The van der Waals surface area contributed by atoms with Crippen molar-refractivity contribution >= 4 is 28.3 Å². The molecule has 1 amide bonds. The van der Waals surface area contributed by atoms with Crippen LogP contribution in [-0.4, -0.2) is 44.4 Å². The quantitative estimate of drug-likeness (QED) is 0.747. The maximum Gasteiger partial charge on any atom is 0.253 e. The van der Waals surface area contributed by atoms with Crippen LogP contribution in [0.3, 0.4) is 0 Å². The highest BCUT2D eigenvalue weighted by Gasteiger charge is 2.36. The molecule has 1 aromatic carbocycles. The number of rotatable bonds is 7. The SMILES string of the molecule is CCN(CC)C(=O)c1ccc(S(=O)(=O)NC2(CN)CCCC2)cc1.Cl. The maximum atomic E-state index is 12.6. The molecular formula is C17H28ClN3O3S. The molecule has 0 atom stereocenters. The van der Waals surface area contributed by atoms with Crippen molar-refractivity contribution < 1.29 is 13.2 Å². The predicted molar refractivity (Wildman–Crippen MR) is 102 cm³/mol. The Bertz CT molecular complexity index is 667. The highest BCUT2D eigenvalue weighted by molar-refractivity contribution is 7.89. The van der Waals surface area contributed by atoms with Crippen LogP contribution in [0.2, 0.25) is 0 Å². The van der Waals surface area contributed by atoms with Gasteiger partial charge in [0.1, 0.15) is 0 Å². The number of nitrogens with zero attached hydrogens (tertiary/aromatic N) is 1. The van der Waals surface area contributed by atoms with Gasteiger partial charge >= 0.3 is 0 Å². The summed E-state index contributed by atoms with van der Waals surface area (Å²) in [6.07, 6.45) is 3.50. The first kappa shape index (κ1) is 21.9. The molecule has 0 radical (unpaired) electrons. The van der Waals surface area contributed by atoms with Crippen LogP contribution in [0.1, 0.15) is 49.9 Å². The Labute approximate surface area is 156 Å². The Morgan fingerprint density at radius 1 is 1.16 bits per heavy atom. The number of carbonyl (C=O) groups excluding carboxylic acids is 1. The molecule has 6 nitrogen and oxygen atoms in total. The van der Waals surface area contributed by atoms with Crippen LogP contribution in [0.25, 0.3) is 0 Å². The van der Waals surface area contributed by atoms with E-state index < -0.39 is 15.6 Å². The van der Waals surface area contributed by atoms with E-state index in [0.29, 0.717) is 25.2 Å². The van der Waals surface area contributed by atoms with E-state index in [9.17, 15) is 13.2 Å². The van der Waals surface area contributed by atoms with Gasteiger partial charge in [-0.3, -0.25) is 4.79 Å². The Hall–Kier alpha value is -1.15. The first-order valence-electron chi connectivity index (χ1n) is 8.51. The molecule has 8 heteroatoms. The largest absolute Gasteiger partial charge is 0.339 e. The topological polar surface area (TPSA) is 92.5 Å². The van der Waals surface area contributed by atoms with Crippen LogP contribution in [0.5, 0.6) is 0 Å². The summed E-state index contributed by atoms with van der Waals surface area (Å²) in [4.78, 5) is 14.2. The van der Waals surface area contributed by atoms with Crippen molar-refractivity contribution in [1.29, 1.82) is 0 Å². The summed E-state index contributed by atoms with van der Waals surface area (Å²) in [5.41, 5.74) is 5.76. The van der Waals surface area contributed by atoms with Gasteiger partial charge in [-0.15, -0.1) is 12.4 Å². The summed E-state index contributed by atoms with van der Waals surface area (Å²) in [7, 11) is -3.64. The number of hydrogen-bond acceptors (Lipinski definition) is 4. The van der Waals surface area contributed by atoms with E-state index in [4.69, 9.17) is 5.73 Å². The standard InChI is InChI=1S/C17H27N3O3S.ClH/c1-3-20(4-2)16(21)14-7-9-15(10-8-14)24(22,23)19-17(13-18)11-5-6-12-17;/h7-10,19H,3-6,11-13,18H2,1-2H3;1H. The lowest BCUT2D eigenvalue weighted by Gasteiger charge is -2.28. The Morgan fingerprint density at radius 2 is 1.68 bits per heavy atom. The molecule has 25 heavy (non-hydrogen) atoms. The van der Waals surface area contributed by atoms with Crippen molar-refractivity contribution in [2.75, 3.05) is 19.6 Å². The smallest absolute Gasteiger partial charge is 0.253 e. The van der Waals surface area contributed by atoms with E-state index in [1.165, 1.54) is 12.1 Å². The summed E-state index contributed by atoms with van der Waals surface area (Å²) >= 11 is 0. The fraction of sp³-hybridized carbons (Fsp3) is 0.588. The molecule has 0 unspecified atom stereocenters. The number of hydrogen-bond donors (Lipinski definition) is 2. The third-order valence-electron chi connectivity index (χ3n) is 4.76. The van der Waals surface area contributed by atoms with E-state index in [0.717, 1.165) is 25.7 Å². The molecule has 0 spiro atoms. The van der Waals surface area contributed by atoms with Gasteiger partial charge in [0.25, 0.3) is 5.91 Å². The van der Waals surface area contributed by atoms with Crippen molar-refractivity contribution in [1.82, 2.24) is 9.62 Å². The number of halogens is 1. The summed E-state index contributed by atoms with van der Waals surface area (Å²) < 4.78 is 28.0. The number of amides is 1. The van der Waals surface area contributed by atoms with Crippen LogP contribution < -0.4 is 10.5 Å². The molecule has 0 aliphatic heterocycles. The van der Waals surface area contributed by atoms with Crippen LogP contribution in [0.15, 0.2) is 29.2 Å². The van der Waals surface area contributed by atoms with Gasteiger partial charge in [-0.05, 0) is 51.0 Å². The van der Waals surface area contributed by atoms with Crippen molar-refractivity contribution in [3.05, 3.63) is 29.8 Å². The van der Waals surface area contributed by atoms with Crippen LogP contribution in [0, 0.1) is 0 Å². The van der Waals surface area contributed by atoms with Crippen LogP contribution in [-0.2, 0) is 10.0 Å². The molecule has 1 aromatic rings. The van der Waals surface area contributed by atoms with E-state index in [2.05, 4.69) is 4.72 Å². The lowest BCUT2D eigenvalue weighted by molar-refractivity contribution is 0.0773. The Balaban J connectivity index is 0.00000312. The second-order valence-electron chi connectivity index (χ2n) is 6.30. The Kier molecular flexibility index (Phi) is 7.87. The second-order valence-corrected chi connectivity index (χ2v) is 7.98. The highest BCUT2D eigenvalue weighted by atomic mass is 35.5. The zero-order valence-electron chi connectivity index (χ0n) is 14.8. The van der Waals surface area contributed by atoms with Crippen LogP contribution in [0.4, 0.5) is 0 Å². The molecule has 0 aromatic heterocycles. The van der Waals surface area contributed by atoms with Gasteiger partial charge in [-0.2, -0.15) is 0 Å². The normalized spacial score (nSPS) is 16.3. The minimum Gasteiger partial charge on any atom is -0.339 e. The minimum absolute atomic E-state index is 0. The lowest BCUT2D eigenvalue weighted by Crippen LogP contribution is -2.51. The molecule has 0 bridgehead atoms. The number of nitrogens with two attached hydrogens (primary N) is 1. The van der Waals surface area contributed by atoms with Crippen molar-refractivity contribution in [2.24, 2.45) is 5.73 Å². The maximum absolute atomic E-state index is 12.6. The molecule has 0 heterocycles. The Morgan fingerprint density at radius 3 is 2.12 bits per heavy atom. The van der Waals surface area contributed by atoms with Crippen molar-refractivity contribution in [2.45, 2.75) is 50.0 Å². The van der Waals surface area contributed by atoms with E-state index in [1.54, 1.807) is 17.0 Å². The number of sulfonamides is 1.